The lowest BCUT2D eigenvalue weighted by Gasteiger charge is -2.34. The molecule has 29 heavy (non-hydrogen) atoms. The average molecular weight is 418 g/mol. The zero-order valence-electron chi connectivity index (χ0n) is 16.9. The van der Waals surface area contributed by atoms with Crippen LogP contribution in [0.15, 0.2) is 36.5 Å². The SMILES string of the molecule is CC(C)Oc1ccc(N)c(C(=N)c2ccnc(N3CCN(S(C)(=O)=O)CC3)c2)c1. The Labute approximate surface area is 171 Å². The van der Waals surface area contributed by atoms with E-state index in [9.17, 15) is 8.42 Å². The number of aromatic nitrogens is 1. The maximum absolute atomic E-state index is 11.7. The molecule has 0 spiro atoms. The second-order valence-electron chi connectivity index (χ2n) is 7.34. The van der Waals surface area contributed by atoms with Gasteiger partial charge in [0.1, 0.15) is 11.6 Å². The fourth-order valence-electron chi connectivity index (χ4n) is 3.25. The fourth-order valence-corrected chi connectivity index (χ4v) is 4.08. The quantitative estimate of drug-likeness (QED) is 0.549. The zero-order valence-corrected chi connectivity index (χ0v) is 17.7. The van der Waals surface area contributed by atoms with Gasteiger partial charge in [-0.05, 0) is 44.2 Å². The van der Waals surface area contributed by atoms with Crippen LogP contribution >= 0.6 is 0 Å². The van der Waals surface area contributed by atoms with Gasteiger partial charge in [0.2, 0.25) is 10.0 Å². The molecule has 0 bridgehead atoms. The van der Waals surface area contributed by atoms with Crippen molar-refractivity contribution in [3.8, 4) is 5.75 Å². The Morgan fingerprint density at radius 3 is 2.48 bits per heavy atom. The van der Waals surface area contributed by atoms with E-state index < -0.39 is 10.0 Å². The number of hydrogen-bond donors (Lipinski definition) is 2. The summed E-state index contributed by atoms with van der Waals surface area (Å²) in [7, 11) is -3.18. The molecule has 1 fully saturated rings. The third-order valence-corrected chi connectivity index (χ3v) is 6.03. The maximum atomic E-state index is 11.7. The van der Waals surface area contributed by atoms with E-state index in [-0.39, 0.29) is 11.8 Å². The number of nitrogens with two attached hydrogens (primary N) is 1. The van der Waals surface area contributed by atoms with Crippen LogP contribution in [0.3, 0.4) is 0 Å². The standard InChI is InChI=1S/C20H27N5O3S/c1-14(2)28-16-4-5-18(21)17(13-16)20(22)15-6-7-23-19(12-15)24-8-10-25(11-9-24)29(3,26)27/h4-7,12-14,22H,8-11,21H2,1-3H3. The number of nitrogens with zero attached hydrogens (tertiary/aromatic N) is 3. The van der Waals surface area contributed by atoms with Crippen molar-refractivity contribution < 1.29 is 13.2 Å². The minimum absolute atomic E-state index is 0.0267. The molecule has 0 radical (unpaired) electrons. The summed E-state index contributed by atoms with van der Waals surface area (Å²) in [6.07, 6.45) is 2.91. The number of anilines is 2. The number of rotatable bonds is 6. The van der Waals surface area contributed by atoms with Gasteiger partial charge in [0.05, 0.1) is 18.1 Å². The highest BCUT2D eigenvalue weighted by Crippen LogP contribution is 2.25. The molecule has 0 saturated carbocycles. The average Bonchev–Trinajstić information content (AvgIpc) is 2.68. The molecule has 1 aromatic carbocycles. The van der Waals surface area contributed by atoms with Crippen LogP contribution in [0.1, 0.15) is 25.0 Å². The third-order valence-electron chi connectivity index (χ3n) is 4.73. The van der Waals surface area contributed by atoms with Crippen molar-refractivity contribution in [3.63, 3.8) is 0 Å². The Balaban J connectivity index is 1.80. The molecule has 0 amide bonds. The largest absolute Gasteiger partial charge is 0.491 e. The van der Waals surface area contributed by atoms with Crippen LogP contribution < -0.4 is 15.4 Å². The van der Waals surface area contributed by atoms with E-state index in [0.29, 0.717) is 54.6 Å². The molecule has 0 aliphatic carbocycles. The smallest absolute Gasteiger partial charge is 0.211 e. The van der Waals surface area contributed by atoms with Crippen LogP contribution in [0, 0.1) is 5.41 Å². The topological polar surface area (TPSA) is 113 Å². The van der Waals surface area contributed by atoms with Gasteiger partial charge in [0.15, 0.2) is 0 Å². The van der Waals surface area contributed by atoms with Gasteiger partial charge in [-0.3, -0.25) is 5.41 Å². The first-order valence-electron chi connectivity index (χ1n) is 9.47. The van der Waals surface area contributed by atoms with Crippen LogP contribution in [0.2, 0.25) is 0 Å². The molecule has 156 valence electrons. The molecule has 1 aliphatic heterocycles. The number of sulfonamides is 1. The summed E-state index contributed by atoms with van der Waals surface area (Å²) in [5.74, 6) is 1.38. The summed E-state index contributed by atoms with van der Waals surface area (Å²) in [5, 5.41) is 8.65. The van der Waals surface area contributed by atoms with Crippen molar-refractivity contribution in [2.75, 3.05) is 43.1 Å². The summed E-state index contributed by atoms with van der Waals surface area (Å²) < 4.78 is 30.6. The number of piperazine rings is 1. The van der Waals surface area contributed by atoms with Crippen molar-refractivity contribution in [3.05, 3.63) is 47.7 Å². The van der Waals surface area contributed by atoms with Crippen LogP contribution in [0.25, 0.3) is 0 Å². The minimum atomic E-state index is -3.18. The van der Waals surface area contributed by atoms with Crippen LogP contribution in [0.5, 0.6) is 5.75 Å². The molecule has 3 N–H and O–H groups in total. The third kappa shape index (κ3) is 5.04. The van der Waals surface area contributed by atoms with E-state index in [4.69, 9.17) is 15.9 Å². The van der Waals surface area contributed by atoms with E-state index in [1.165, 1.54) is 10.6 Å². The van der Waals surface area contributed by atoms with Crippen LogP contribution in [-0.2, 0) is 10.0 Å². The predicted octanol–water partition coefficient (Wildman–Crippen LogP) is 1.95. The number of ether oxygens (including phenoxy) is 1. The van der Waals surface area contributed by atoms with Gasteiger partial charge in [-0.15, -0.1) is 0 Å². The monoisotopic (exact) mass is 417 g/mol. The van der Waals surface area contributed by atoms with Crippen LogP contribution in [0.4, 0.5) is 11.5 Å². The van der Waals surface area contributed by atoms with E-state index in [1.807, 2.05) is 24.8 Å². The molecule has 2 heterocycles. The van der Waals surface area contributed by atoms with Gasteiger partial charge >= 0.3 is 0 Å². The second-order valence-corrected chi connectivity index (χ2v) is 9.32. The molecule has 8 nitrogen and oxygen atoms in total. The van der Waals surface area contributed by atoms with Gasteiger partial charge in [0, 0.05) is 49.2 Å². The Bertz CT molecular complexity index is 999. The van der Waals surface area contributed by atoms with Crippen molar-refractivity contribution >= 4 is 27.2 Å². The lowest BCUT2D eigenvalue weighted by atomic mass is 10.0. The normalized spacial score (nSPS) is 15.5. The molecule has 1 aliphatic rings. The lowest BCUT2D eigenvalue weighted by molar-refractivity contribution is 0.242. The highest BCUT2D eigenvalue weighted by molar-refractivity contribution is 7.88. The number of pyridine rings is 1. The van der Waals surface area contributed by atoms with E-state index >= 15 is 0 Å². The minimum Gasteiger partial charge on any atom is -0.491 e. The molecule has 1 saturated heterocycles. The molecular weight excluding hydrogens is 390 g/mol. The van der Waals surface area contributed by atoms with E-state index in [1.54, 1.807) is 30.5 Å². The van der Waals surface area contributed by atoms with Gasteiger partial charge in [0.25, 0.3) is 0 Å². The second kappa shape index (κ2) is 8.38. The highest BCUT2D eigenvalue weighted by Gasteiger charge is 2.24. The van der Waals surface area contributed by atoms with E-state index in [0.717, 1.165) is 0 Å². The molecule has 1 aromatic heterocycles. The van der Waals surface area contributed by atoms with Crippen molar-refractivity contribution in [2.24, 2.45) is 0 Å². The van der Waals surface area contributed by atoms with Crippen molar-refractivity contribution in [2.45, 2.75) is 20.0 Å². The van der Waals surface area contributed by atoms with Gasteiger partial charge in [-0.1, -0.05) is 0 Å². The fraction of sp³-hybridized carbons (Fsp3) is 0.400. The first kappa shape index (κ1) is 21.1. The zero-order chi connectivity index (χ0) is 21.2. The maximum Gasteiger partial charge on any atom is 0.211 e. The molecule has 0 unspecified atom stereocenters. The summed E-state index contributed by atoms with van der Waals surface area (Å²) in [6, 6.07) is 8.93. The number of hydrogen-bond acceptors (Lipinski definition) is 7. The van der Waals surface area contributed by atoms with Gasteiger partial charge < -0.3 is 15.4 Å². The Morgan fingerprint density at radius 2 is 1.86 bits per heavy atom. The lowest BCUT2D eigenvalue weighted by Crippen LogP contribution is -2.48. The molecular formula is C20H27N5O3S. The Morgan fingerprint density at radius 1 is 1.17 bits per heavy atom. The molecule has 9 heteroatoms. The first-order chi connectivity index (χ1) is 13.6. The summed E-state index contributed by atoms with van der Waals surface area (Å²) in [5.41, 5.74) is 8.19. The van der Waals surface area contributed by atoms with Gasteiger partial charge in [-0.25, -0.2) is 13.4 Å². The van der Waals surface area contributed by atoms with E-state index in [2.05, 4.69) is 4.98 Å². The number of nitrogen functional groups attached to an aromatic ring is 1. The predicted molar refractivity (Wildman–Crippen MR) is 115 cm³/mol. The summed E-state index contributed by atoms with van der Waals surface area (Å²) >= 11 is 0. The molecule has 3 rings (SSSR count). The number of benzene rings is 1. The van der Waals surface area contributed by atoms with Crippen molar-refractivity contribution in [1.29, 1.82) is 5.41 Å². The van der Waals surface area contributed by atoms with Gasteiger partial charge in [-0.2, -0.15) is 4.31 Å². The van der Waals surface area contributed by atoms with Crippen molar-refractivity contribution in [1.82, 2.24) is 9.29 Å². The molecule has 2 aromatic rings. The molecule has 0 atom stereocenters. The number of nitrogens with one attached hydrogen (secondary N) is 1. The van der Waals surface area contributed by atoms with Crippen LogP contribution in [-0.4, -0.2) is 62.0 Å². The highest BCUT2D eigenvalue weighted by atomic mass is 32.2. The summed E-state index contributed by atoms with van der Waals surface area (Å²) in [6.45, 7) is 5.83. The Kier molecular flexibility index (Phi) is 6.09. The summed E-state index contributed by atoms with van der Waals surface area (Å²) in [4.78, 5) is 6.44. The Hall–Kier alpha value is -2.65. The first-order valence-corrected chi connectivity index (χ1v) is 11.3.